The van der Waals surface area contributed by atoms with Crippen molar-refractivity contribution in [2.75, 3.05) is 5.32 Å². The van der Waals surface area contributed by atoms with E-state index in [1.165, 1.54) is 5.56 Å². The topological polar surface area (TPSA) is 35.8 Å². The van der Waals surface area contributed by atoms with Crippen molar-refractivity contribution < 1.29 is 0 Å². The molecule has 0 radical (unpaired) electrons. The van der Waals surface area contributed by atoms with Gasteiger partial charge in [-0.05, 0) is 54.8 Å². The molecule has 0 saturated carbocycles. The first-order chi connectivity index (χ1) is 9.10. The summed E-state index contributed by atoms with van der Waals surface area (Å²) in [4.78, 5) is 0. The minimum Gasteiger partial charge on any atom is -0.381 e. The predicted molar refractivity (Wildman–Crippen MR) is 79.4 cm³/mol. The molecular formula is C16H15ClN2. The maximum Gasteiger partial charge on any atom is 0.0992 e. The smallest absolute Gasteiger partial charge is 0.0992 e. The van der Waals surface area contributed by atoms with Crippen LogP contribution in [-0.2, 0) is 6.54 Å². The summed E-state index contributed by atoms with van der Waals surface area (Å²) in [5.74, 6) is 0. The fraction of sp³-hybridized carbons (Fsp3) is 0.188. The average molecular weight is 271 g/mol. The molecule has 2 aromatic rings. The second-order valence-electron chi connectivity index (χ2n) is 4.57. The lowest BCUT2D eigenvalue weighted by Crippen LogP contribution is -2.03. The summed E-state index contributed by atoms with van der Waals surface area (Å²) >= 11 is 5.94. The maximum absolute atomic E-state index is 8.92. The molecular weight excluding hydrogens is 256 g/mol. The predicted octanol–water partition coefficient (Wildman–Crippen LogP) is 4.44. The van der Waals surface area contributed by atoms with E-state index in [2.05, 4.69) is 11.4 Å². The van der Waals surface area contributed by atoms with Gasteiger partial charge >= 0.3 is 0 Å². The first kappa shape index (κ1) is 13.5. The van der Waals surface area contributed by atoms with Crippen LogP contribution in [0, 0.1) is 25.2 Å². The summed E-state index contributed by atoms with van der Waals surface area (Å²) in [5, 5.41) is 13.0. The number of nitriles is 1. The van der Waals surface area contributed by atoms with Gasteiger partial charge in [0, 0.05) is 17.3 Å². The molecule has 1 N–H and O–H groups in total. The van der Waals surface area contributed by atoms with Gasteiger partial charge in [-0.25, -0.2) is 0 Å². The van der Waals surface area contributed by atoms with Crippen molar-refractivity contribution in [2.45, 2.75) is 20.4 Å². The molecule has 0 aliphatic heterocycles. The van der Waals surface area contributed by atoms with Crippen LogP contribution in [0.25, 0.3) is 0 Å². The number of hydrogen-bond donors (Lipinski definition) is 1. The minimum atomic E-state index is 0.668. The third-order valence-corrected chi connectivity index (χ3v) is 3.38. The highest BCUT2D eigenvalue weighted by molar-refractivity contribution is 6.30. The highest BCUT2D eigenvalue weighted by Gasteiger charge is 2.02. The van der Waals surface area contributed by atoms with Gasteiger partial charge in [0.1, 0.15) is 0 Å². The summed E-state index contributed by atoms with van der Waals surface area (Å²) in [6.07, 6.45) is 0. The van der Waals surface area contributed by atoms with Crippen molar-refractivity contribution in [2.24, 2.45) is 0 Å². The van der Waals surface area contributed by atoms with Crippen LogP contribution >= 0.6 is 11.6 Å². The number of nitrogens with one attached hydrogen (secondary N) is 1. The van der Waals surface area contributed by atoms with Crippen molar-refractivity contribution in [3.05, 3.63) is 63.7 Å². The molecule has 0 spiro atoms. The molecule has 0 saturated heterocycles. The van der Waals surface area contributed by atoms with Crippen molar-refractivity contribution in [1.29, 1.82) is 5.26 Å². The van der Waals surface area contributed by atoms with Gasteiger partial charge in [-0.3, -0.25) is 0 Å². The van der Waals surface area contributed by atoms with E-state index in [1.807, 2.05) is 50.2 Å². The quantitative estimate of drug-likeness (QED) is 0.895. The van der Waals surface area contributed by atoms with Crippen molar-refractivity contribution in [1.82, 2.24) is 0 Å². The number of nitrogens with zero attached hydrogens (tertiary/aromatic N) is 1. The molecule has 0 aromatic heterocycles. The number of halogens is 1. The number of hydrogen-bond acceptors (Lipinski definition) is 2. The first-order valence-corrected chi connectivity index (χ1v) is 6.47. The van der Waals surface area contributed by atoms with Gasteiger partial charge < -0.3 is 5.32 Å². The lowest BCUT2D eigenvalue weighted by molar-refractivity contribution is 1.11. The zero-order valence-electron chi connectivity index (χ0n) is 11.0. The van der Waals surface area contributed by atoms with Gasteiger partial charge in [0.15, 0.2) is 0 Å². The third kappa shape index (κ3) is 3.27. The number of rotatable bonds is 3. The lowest BCUT2D eigenvalue weighted by atomic mass is 10.1. The lowest BCUT2D eigenvalue weighted by Gasteiger charge is -2.12. The number of benzene rings is 2. The molecule has 0 fully saturated rings. The molecule has 0 aliphatic rings. The Hall–Kier alpha value is -1.98. The molecule has 96 valence electrons. The summed E-state index contributed by atoms with van der Waals surface area (Å²) < 4.78 is 0. The van der Waals surface area contributed by atoms with E-state index >= 15 is 0 Å². The Morgan fingerprint density at radius 3 is 2.58 bits per heavy atom. The Morgan fingerprint density at radius 1 is 1.11 bits per heavy atom. The molecule has 0 unspecified atom stereocenters. The van der Waals surface area contributed by atoms with Crippen LogP contribution in [0.2, 0.25) is 5.02 Å². The summed E-state index contributed by atoms with van der Waals surface area (Å²) in [7, 11) is 0. The first-order valence-electron chi connectivity index (χ1n) is 6.10. The molecule has 0 aliphatic carbocycles. The van der Waals surface area contributed by atoms with Crippen LogP contribution in [0.1, 0.15) is 22.3 Å². The number of aryl methyl sites for hydroxylation is 2. The molecule has 0 heterocycles. The fourth-order valence-corrected chi connectivity index (χ4v) is 2.16. The van der Waals surface area contributed by atoms with E-state index in [0.29, 0.717) is 5.56 Å². The van der Waals surface area contributed by atoms with Gasteiger partial charge in [-0.1, -0.05) is 23.7 Å². The minimum absolute atomic E-state index is 0.668. The third-order valence-electron chi connectivity index (χ3n) is 3.14. The van der Waals surface area contributed by atoms with Crippen LogP contribution in [0.5, 0.6) is 0 Å². The Bertz CT molecular complexity index is 642. The van der Waals surface area contributed by atoms with Gasteiger partial charge in [0.2, 0.25) is 0 Å². The Balaban J connectivity index is 2.16. The van der Waals surface area contributed by atoms with E-state index in [9.17, 15) is 0 Å². The van der Waals surface area contributed by atoms with E-state index in [-0.39, 0.29) is 0 Å². The molecule has 0 amide bonds. The highest BCUT2D eigenvalue weighted by atomic mass is 35.5. The Kier molecular flexibility index (Phi) is 4.09. The zero-order valence-corrected chi connectivity index (χ0v) is 11.8. The summed E-state index contributed by atoms with van der Waals surface area (Å²) in [6, 6.07) is 13.7. The van der Waals surface area contributed by atoms with E-state index in [1.54, 1.807) is 0 Å². The molecule has 3 heteroatoms. The van der Waals surface area contributed by atoms with E-state index < -0.39 is 0 Å². The van der Waals surface area contributed by atoms with Crippen LogP contribution in [0.15, 0.2) is 36.4 Å². The van der Waals surface area contributed by atoms with E-state index in [4.69, 9.17) is 16.9 Å². The second-order valence-corrected chi connectivity index (χ2v) is 5.00. The van der Waals surface area contributed by atoms with E-state index in [0.717, 1.165) is 28.4 Å². The van der Waals surface area contributed by atoms with Crippen LogP contribution in [0.4, 0.5) is 5.69 Å². The molecule has 0 bridgehead atoms. The van der Waals surface area contributed by atoms with Gasteiger partial charge in [-0.2, -0.15) is 5.26 Å². The average Bonchev–Trinajstić information content (AvgIpc) is 2.39. The fourth-order valence-electron chi connectivity index (χ4n) is 1.93. The standard InChI is InChI=1S/C16H15ClN2/c1-11-3-4-13(9-18)8-16(11)19-10-14-5-6-15(17)7-12(14)2/h3-8,19H,10H2,1-2H3. The van der Waals surface area contributed by atoms with Crippen molar-refractivity contribution in [3.63, 3.8) is 0 Å². The normalized spacial score (nSPS) is 10.0. The number of anilines is 1. The maximum atomic E-state index is 8.92. The van der Waals surface area contributed by atoms with Crippen LogP contribution < -0.4 is 5.32 Å². The zero-order chi connectivity index (χ0) is 13.8. The summed E-state index contributed by atoms with van der Waals surface area (Å²) in [6.45, 7) is 4.79. The highest BCUT2D eigenvalue weighted by Crippen LogP contribution is 2.20. The largest absolute Gasteiger partial charge is 0.381 e. The molecule has 2 rings (SSSR count). The van der Waals surface area contributed by atoms with Crippen LogP contribution in [0.3, 0.4) is 0 Å². The Labute approximate surface area is 118 Å². The van der Waals surface area contributed by atoms with Crippen molar-refractivity contribution in [3.8, 4) is 6.07 Å². The summed E-state index contributed by atoms with van der Waals surface area (Å²) in [5.41, 5.74) is 5.15. The van der Waals surface area contributed by atoms with Gasteiger partial charge in [-0.15, -0.1) is 0 Å². The molecule has 2 aromatic carbocycles. The van der Waals surface area contributed by atoms with Gasteiger partial charge in [0.25, 0.3) is 0 Å². The molecule has 0 atom stereocenters. The molecule has 19 heavy (non-hydrogen) atoms. The Morgan fingerprint density at radius 2 is 1.89 bits per heavy atom. The monoisotopic (exact) mass is 270 g/mol. The van der Waals surface area contributed by atoms with Gasteiger partial charge in [0.05, 0.1) is 11.6 Å². The molecule has 2 nitrogen and oxygen atoms in total. The second kappa shape index (κ2) is 5.77. The SMILES string of the molecule is Cc1cc(Cl)ccc1CNc1cc(C#N)ccc1C. The van der Waals surface area contributed by atoms with Crippen LogP contribution in [-0.4, -0.2) is 0 Å². The van der Waals surface area contributed by atoms with Crippen molar-refractivity contribution >= 4 is 17.3 Å².